The first kappa shape index (κ1) is 15.1. The maximum absolute atomic E-state index is 2.50. The third kappa shape index (κ3) is 3.86. The highest BCUT2D eigenvalue weighted by molar-refractivity contribution is 5.33. The highest BCUT2D eigenvalue weighted by Crippen LogP contribution is 2.28. The summed E-state index contributed by atoms with van der Waals surface area (Å²) in [7, 11) is 0. The Morgan fingerprint density at radius 1 is 0.909 bits per heavy atom. The number of benzene rings is 2. The third-order valence-corrected chi connectivity index (χ3v) is 4.45. The Labute approximate surface area is 134 Å². The van der Waals surface area contributed by atoms with Crippen LogP contribution in [0.15, 0.2) is 72.8 Å². The van der Waals surface area contributed by atoms with Gasteiger partial charge in [0.25, 0.3) is 0 Å². The van der Waals surface area contributed by atoms with E-state index in [2.05, 4.69) is 84.6 Å². The minimum atomic E-state index is 0.453. The Hall–Kier alpha value is -1.86. The summed E-state index contributed by atoms with van der Waals surface area (Å²) in [5, 5.41) is 0. The normalized spacial score (nSPS) is 16.3. The summed E-state index contributed by atoms with van der Waals surface area (Å²) < 4.78 is 0. The van der Waals surface area contributed by atoms with Gasteiger partial charge in [0.05, 0.1) is 0 Å². The predicted molar refractivity (Wildman–Crippen MR) is 94.1 cm³/mol. The second-order valence-electron chi connectivity index (χ2n) is 6.40. The van der Waals surface area contributed by atoms with E-state index in [0.717, 1.165) is 18.9 Å². The summed E-state index contributed by atoms with van der Waals surface area (Å²) in [6.45, 7) is 5.93. The number of likely N-dealkylation sites (tertiary alicyclic amines) is 1. The van der Waals surface area contributed by atoms with Crippen LogP contribution in [0, 0.1) is 5.92 Å². The van der Waals surface area contributed by atoms with E-state index in [4.69, 9.17) is 0 Å². The Morgan fingerprint density at radius 2 is 1.45 bits per heavy atom. The van der Waals surface area contributed by atoms with Crippen LogP contribution < -0.4 is 0 Å². The van der Waals surface area contributed by atoms with Crippen molar-refractivity contribution in [2.45, 2.75) is 19.3 Å². The maximum Gasteiger partial charge on any atom is 0.0163 e. The molecule has 1 heteroatoms. The first-order valence-corrected chi connectivity index (χ1v) is 8.30. The fourth-order valence-electron chi connectivity index (χ4n) is 3.27. The molecule has 22 heavy (non-hydrogen) atoms. The molecule has 1 saturated heterocycles. The summed E-state index contributed by atoms with van der Waals surface area (Å²) in [4.78, 5) is 2.50. The molecule has 0 amide bonds. The molecule has 0 atom stereocenters. The van der Waals surface area contributed by atoms with Crippen molar-refractivity contribution < 1.29 is 0 Å². The van der Waals surface area contributed by atoms with Gasteiger partial charge in [0.2, 0.25) is 0 Å². The van der Waals surface area contributed by atoms with Crippen LogP contribution in [0.5, 0.6) is 0 Å². The van der Waals surface area contributed by atoms with Gasteiger partial charge in [-0.1, -0.05) is 79.7 Å². The molecule has 1 aliphatic rings. The molecule has 0 N–H and O–H groups in total. The van der Waals surface area contributed by atoms with Gasteiger partial charge in [-0.05, 0) is 23.5 Å². The molecule has 0 radical (unpaired) electrons. The Kier molecular flexibility index (Phi) is 5.07. The average Bonchev–Trinajstić information content (AvgIpc) is 2.54. The largest absolute Gasteiger partial charge is 0.299 e. The monoisotopic (exact) mass is 291 g/mol. The van der Waals surface area contributed by atoms with Gasteiger partial charge in [-0.25, -0.2) is 0 Å². The fraction of sp³-hybridized carbons (Fsp3) is 0.333. The highest BCUT2D eigenvalue weighted by Gasteiger charge is 2.20. The molecule has 1 nitrogen and oxygen atoms in total. The maximum atomic E-state index is 2.50. The molecule has 114 valence electrons. The zero-order valence-corrected chi connectivity index (χ0v) is 13.4. The molecule has 0 saturated carbocycles. The van der Waals surface area contributed by atoms with Crippen LogP contribution in [0.1, 0.15) is 30.4 Å². The molecular weight excluding hydrogens is 266 g/mol. The van der Waals surface area contributed by atoms with Gasteiger partial charge >= 0.3 is 0 Å². The van der Waals surface area contributed by atoms with Crippen LogP contribution in [0.4, 0.5) is 0 Å². The lowest BCUT2D eigenvalue weighted by atomic mass is 9.88. The zero-order chi connectivity index (χ0) is 15.2. The van der Waals surface area contributed by atoms with Gasteiger partial charge in [0, 0.05) is 25.6 Å². The fourth-order valence-corrected chi connectivity index (χ4v) is 3.27. The van der Waals surface area contributed by atoms with Crippen molar-refractivity contribution in [3.63, 3.8) is 0 Å². The predicted octanol–water partition coefficient (Wildman–Crippen LogP) is 4.72. The highest BCUT2D eigenvalue weighted by atomic mass is 15.2. The van der Waals surface area contributed by atoms with Crippen molar-refractivity contribution in [1.82, 2.24) is 4.90 Å². The van der Waals surface area contributed by atoms with Gasteiger partial charge in [-0.2, -0.15) is 0 Å². The van der Waals surface area contributed by atoms with Gasteiger partial charge in [-0.15, -0.1) is 0 Å². The molecule has 0 spiro atoms. The lowest BCUT2D eigenvalue weighted by molar-refractivity contribution is 0.129. The van der Waals surface area contributed by atoms with Crippen molar-refractivity contribution in [2.24, 2.45) is 5.92 Å². The molecule has 1 fully saturated rings. The van der Waals surface area contributed by atoms with E-state index in [9.17, 15) is 0 Å². The Morgan fingerprint density at radius 3 is 1.95 bits per heavy atom. The second-order valence-corrected chi connectivity index (χ2v) is 6.40. The van der Waals surface area contributed by atoms with Crippen molar-refractivity contribution in [3.05, 3.63) is 83.9 Å². The minimum Gasteiger partial charge on any atom is -0.299 e. The van der Waals surface area contributed by atoms with Crippen LogP contribution in [-0.2, 0) is 0 Å². The van der Waals surface area contributed by atoms with Crippen LogP contribution in [0.25, 0.3) is 0 Å². The van der Waals surface area contributed by atoms with E-state index in [1.54, 1.807) is 0 Å². The molecule has 0 unspecified atom stereocenters. The van der Waals surface area contributed by atoms with Crippen LogP contribution in [0.3, 0.4) is 0 Å². The molecule has 1 heterocycles. The molecule has 0 aliphatic carbocycles. The van der Waals surface area contributed by atoms with Crippen molar-refractivity contribution in [2.75, 3.05) is 19.6 Å². The number of hydrogen-bond acceptors (Lipinski definition) is 1. The van der Waals surface area contributed by atoms with E-state index in [-0.39, 0.29) is 0 Å². The zero-order valence-electron chi connectivity index (χ0n) is 13.4. The first-order chi connectivity index (χ1) is 10.8. The quantitative estimate of drug-likeness (QED) is 0.696. The van der Waals surface area contributed by atoms with E-state index in [0.29, 0.717) is 5.92 Å². The number of nitrogens with zero attached hydrogens (tertiary/aromatic N) is 1. The van der Waals surface area contributed by atoms with Crippen molar-refractivity contribution in [3.8, 4) is 0 Å². The Bertz CT molecular complexity index is 542. The smallest absolute Gasteiger partial charge is 0.0163 e. The van der Waals surface area contributed by atoms with E-state index in [1.807, 2.05) is 0 Å². The number of hydrogen-bond donors (Lipinski definition) is 0. The lowest BCUT2D eigenvalue weighted by Crippen LogP contribution is -2.44. The molecule has 1 aliphatic heterocycles. The van der Waals surface area contributed by atoms with E-state index >= 15 is 0 Å². The molecular formula is C21H25N. The SMILES string of the molecule is CC1CN(C/C=C\CC(c2ccccc2)c2ccccc2)C1. The molecule has 0 bridgehead atoms. The number of rotatable bonds is 6. The summed E-state index contributed by atoms with van der Waals surface area (Å²) in [6.07, 6.45) is 5.76. The molecule has 2 aromatic rings. The standard InChI is InChI=1S/C21H25N/c1-18-16-22(17-18)15-9-8-14-21(19-10-4-2-5-11-19)20-12-6-3-7-13-20/h2-13,18,21H,14-17H2,1H3/b9-8-. The molecule has 3 rings (SSSR count). The number of allylic oxidation sites excluding steroid dienone is 1. The third-order valence-electron chi connectivity index (χ3n) is 4.45. The summed E-state index contributed by atoms with van der Waals surface area (Å²) in [5.41, 5.74) is 2.80. The first-order valence-electron chi connectivity index (χ1n) is 8.30. The molecule has 0 aromatic heterocycles. The lowest BCUT2D eigenvalue weighted by Gasteiger charge is -2.36. The van der Waals surface area contributed by atoms with Gasteiger partial charge < -0.3 is 0 Å². The summed E-state index contributed by atoms with van der Waals surface area (Å²) in [6, 6.07) is 21.7. The van der Waals surface area contributed by atoms with Crippen LogP contribution in [-0.4, -0.2) is 24.5 Å². The summed E-state index contributed by atoms with van der Waals surface area (Å²) in [5.74, 6) is 1.34. The van der Waals surface area contributed by atoms with E-state index < -0.39 is 0 Å². The van der Waals surface area contributed by atoms with Crippen molar-refractivity contribution >= 4 is 0 Å². The van der Waals surface area contributed by atoms with Crippen LogP contribution in [0.2, 0.25) is 0 Å². The topological polar surface area (TPSA) is 3.24 Å². The van der Waals surface area contributed by atoms with Gasteiger partial charge in [-0.3, -0.25) is 4.90 Å². The van der Waals surface area contributed by atoms with Gasteiger partial charge in [0.1, 0.15) is 0 Å². The molecule has 2 aromatic carbocycles. The average molecular weight is 291 g/mol. The minimum absolute atomic E-state index is 0.453. The van der Waals surface area contributed by atoms with Gasteiger partial charge in [0.15, 0.2) is 0 Å². The summed E-state index contributed by atoms with van der Waals surface area (Å²) >= 11 is 0. The van der Waals surface area contributed by atoms with Crippen LogP contribution >= 0.6 is 0 Å². The Balaban J connectivity index is 1.65. The van der Waals surface area contributed by atoms with E-state index in [1.165, 1.54) is 24.2 Å². The van der Waals surface area contributed by atoms with Crippen molar-refractivity contribution in [1.29, 1.82) is 0 Å². The second kappa shape index (κ2) is 7.42.